The molecule has 0 bridgehead atoms. The maximum atomic E-state index is 5.28. The van der Waals surface area contributed by atoms with Crippen molar-refractivity contribution in [1.82, 2.24) is 4.57 Å². The Morgan fingerprint density at radius 2 is 1.81 bits per heavy atom. The molecule has 0 aliphatic heterocycles. The summed E-state index contributed by atoms with van der Waals surface area (Å²) in [7, 11) is 0.658. The monoisotopic (exact) mass is 301 g/mol. The molecule has 1 aromatic heterocycles. The van der Waals surface area contributed by atoms with Crippen molar-refractivity contribution in [2.24, 2.45) is 0 Å². The van der Waals surface area contributed by atoms with E-state index in [0.717, 1.165) is 5.75 Å². The van der Waals surface area contributed by atoms with Crippen LogP contribution in [0.2, 0.25) is 24.2 Å². The van der Waals surface area contributed by atoms with E-state index in [9.17, 15) is 0 Å². The minimum atomic E-state index is -1.05. The number of hydrogen-bond acceptors (Lipinski definition) is 1. The highest BCUT2D eigenvalue weighted by Crippen LogP contribution is 2.26. The first-order chi connectivity index (χ1) is 10.2. The number of hydrogen-bond donors (Lipinski definition) is 0. The SMILES string of the molecule is CC[Si](CC)(CC)C/C=C/n1ccc2cc(OC)ccc21. The minimum Gasteiger partial charge on any atom is -0.497 e. The summed E-state index contributed by atoms with van der Waals surface area (Å²) in [6.07, 6.45) is 6.75. The number of rotatable bonds is 7. The van der Waals surface area contributed by atoms with Gasteiger partial charge >= 0.3 is 0 Å². The number of fused-ring (bicyclic) bond motifs is 1. The van der Waals surface area contributed by atoms with Gasteiger partial charge in [0.15, 0.2) is 0 Å². The lowest BCUT2D eigenvalue weighted by Crippen LogP contribution is -2.29. The zero-order valence-corrected chi connectivity index (χ0v) is 14.7. The van der Waals surface area contributed by atoms with Crippen molar-refractivity contribution < 1.29 is 4.74 Å². The van der Waals surface area contributed by atoms with Crippen LogP contribution >= 0.6 is 0 Å². The van der Waals surface area contributed by atoms with Gasteiger partial charge in [-0.2, -0.15) is 0 Å². The number of methoxy groups -OCH3 is 1. The molecule has 2 nitrogen and oxygen atoms in total. The molecule has 0 N–H and O–H groups in total. The van der Waals surface area contributed by atoms with Crippen LogP contribution in [0, 0.1) is 0 Å². The van der Waals surface area contributed by atoms with Crippen LogP contribution < -0.4 is 4.74 Å². The first-order valence-electron chi connectivity index (χ1n) is 7.99. The molecular weight excluding hydrogens is 274 g/mol. The van der Waals surface area contributed by atoms with Gasteiger partial charge in [0.25, 0.3) is 0 Å². The third-order valence-electron chi connectivity index (χ3n) is 4.99. The highest BCUT2D eigenvalue weighted by molar-refractivity contribution is 6.80. The highest BCUT2D eigenvalue weighted by Gasteiger charge is 2.24. The van der Waals surface area contributed by atoms with Crippen molar-refractivity contribution in [3.8, 4) is 5.75 Å². The second-order valence-corrected chi connectivity index (χ2v) is 11.3. The quantitative estimate of drug-likeness (QED) is 0.605. The number of benzene rings is 1. The summed E-state index contributed by atoms with van der Waals surface area (Å²) in [5, 5.41) is 1.23. The highest BCUT2D eigenvalue weighted by atomic mass is 28.3. The molecule has 0 aliphatic rings. The second-order valence-electron chi connectivity index (χ2n) is 5.80. The zero-order valence-electron chi connectivity index (χ0n) is 13.7. The molecule has 0 saturated carbocycles. The van der Waals surface area contributed by atoms with Gasteiger partial charge in [0.2, 0.25) is 0 Å². The van der Waals surface area contributed by atoms with E-state index in [1.54, 1.807) is 7.11 Å². The average molecular weight is 302 g/mol. The summed E-state index contributed by atoms with van der Waals surface area (Å²) in [5.74, 6) is 0.915. The Morgan fingerprint density at radius 1 is 1.10 bits per heavy atom. The third kappa shape index (κ3) is 3.41. The molecule has 2 aromatic rings. The molecule has 1 aromatic carbocycles. The van der Waals surface area contributed by atoms with Crippen molar-refractivity contribution in [3.05, 3.63) is 36.5 Å². The maximum Gasteiger partial charge on any atom is 0.119 e. The molecule has 0 unspecified atom stereocenters. The summed E-state index contributed by atoms with van der Waals surface area (Å²) in [5.41, 5.74) is 1.24. The Morgan fingerprint density at radius 3 is 2.43 bits per heavy atom. The van der Waals surface area contributed by atoms with Gasteiger partial charge in [0.05, 0.1) is 20.7 Å². The van der Waals surface area contributed by atoms with Crippen molar-refractivity contribution in [2.75, 3.05) is 7.11 Å². The lowest BCUT2D eigenvalue weighted by atomic mass is 10.2. The van der Waals surface area contributed by atoms with Crippen LogP contribution in [0.1, 0.15) is 20.8 Å². The normalized spacial score (nSPS) is 12.4. The molecule has 0 atom stereocenters. The smallest absolute Gasteiger partial charge is 0.119 e. The predicted molar refractivity (Wildman–Crippen MR) is 95.8 cm³/mol. The summed E-state index contributed by atoms with van der Waals surface area (Å²) < 4.78 is 7.50. The molecule has 0 spiro atoms. The van der Waals surface area contributed by atoms with Gasteiger partial charge in [-0.05, 0) is 30.3 Å². The van der Waals surface area contributed by atoms with Crippen LogP contribution in [0.15, 0.2) is 36.5 Å². The number of nitrogens with zero attached hydrogens (tertiary/aromatic N) is 1. The molecule has 2 rings (SSSR count). The molecule has 0 saturated heterocycles. The number of aromatic nitrogens is 1. The predicted octanol–water partition coefficient (Wildman–Crippen LogP) is 5.63. The molecular formula is C18H27NOSi. The topological polar surface area (TPSA) is 14.2 Å². The van der Waals surface area contributed by atoms with E-state index in [2.05, 4.69) is 62.0 Å². The van der Waals surface area contributed by atoms with E-state index in [0.29, 0.717) is 0 Å². The van der Waals surface area contributed by atoms with Gasteiger partial charge in [0, 0.05) is 17.8 Å². The van der Waals surface area contributed by atoms with Crippen LogP contribution in [-0.4, -0.2) is 19.8 Å². The van der Waals surface area contributed by atoms with Crippen LogP contribution in [-0.2, 0) is 0 Å². The number of ether oxygens (including phenoxy) is 1. The largest absolute Gasteiger partial charge is 0.497 e. The molecule has 0 fully saturated rings. The van der Waals surface area contributed by atoms with E-state index in [-0.39, 0.29) is 0 Å². The molecule has 3 heteroatoms. The van der Waals surface area contributed by atoms with Crippen molar-refractivity contribution in [3.63, 3.8) is 0 Å². The third-order valence-corrected chi connectivity index (χ3v) is 10.6. The first-order valence-corrected chi connectivity index (χ1v) is 10.8. The molecule has 114 valence electrons. The molecule has 0 radical (unpaired) electrons. The van der Waals surface area contributed by atoms with E-state index < -0.39 is 8.07 Å². The molecule has 1 heterocycles. The Bertz CT molecular complexity index is 602. The Labute approximate surface area is 129 Å². The van der Waals surface area contributed by atoms with Crippen LogP contribution in [0.25, 0.3) is 17.1 Å². The fraction of sp³-hybridized carbons (Fsp3) is 0.444. The van der Waals surface area contributed by atoms with Crippen LogP contribution in [0.4, 0.5) is 0 Å². The summed E-state index contributed by atoms with van der Waals surface area (Å²) >= 11 is 0. The standard InChI is InChI=1S/C18H27NOSi/c1-5-21(6-2,7-3)14-8-12-19-13-11-16-15-17(20-4)9-10-18(16)19/h8-13,15H,5-7,14H2,1-4H3/b12-8+. The van der Waals surface area contributed by atoms with E-state index in [1.165, 1.54) is 35.1 Å². The Balaban J connectivity index is 2.18. The van der Waals surface area contributed by atoms with Crippen molar-refractivity contribution >= 4 is 25.2 Å². The van der Waals surface area contributed by atoms with Gasteiger partial charge in [0.1, 0.15) is 5.75 Å². The van der Waals surface area contributed by atoms with E-state index in [4.69, 9.17) is 4.74 Å². The molecule has 21 heavy (non-hydrogen) atoms. The van der Waals surface area contributed by atoms with Crippen LogP contribution in [0.3, 0.4) is 0 Å². The van der Waals surface area contributed by atoms with Gasteiger partial charge in [-0.15, -0.1) is 0 Å². The average Bonchev–Trinajstić information content (AvgIpc) is 2.94. The Kier molecular flexibility index (Phi) is 5.29. The summed E-state index contributed by atoms with van der Waals surface area (Å²) in [6, 6.07) is 13.8. The minimum absolute atomic E-state index is 0.915. The van der Waals surface area contributed by atoms with Gasteiger partial charge in [-0.3, -0.25) is 0 Å². The lowest BCUT2D eigenvalue weighted by molar-refractivity contribution is 0.415. The number of allylic oxidation sites excluding steroid dienone is 1. The first kappa shape index (κ1) is 15.9. The summed E-state index contributed by atoms with van der Waals surface area (Å²) in [4.78, 5) is 0. The summed E-state index contributed by atoms with van der Waals surface area (Å²) in [6.45, 7) is 7.10. The fourth-order valence-electron chi connectivity index (χ4n) is 3.00. The van der Waals surface area contributed by atoms with E-state index in [1.807, 2.05) is 6.07 Å². The van der Waals surface area contributed by atoms with Crippen LogP contribution in [0.5, 0.6) is 5.75 Å². The zero-order chi connectivity index (χ0) is 15.3. The van der Waals surface area contributed by atoms with Crippen molar-refractivity contribution in [2.45, 2.75) is 44.9 Å². The van der Waals surface area contributed by atoms with Crippen molar-refractivity contribution in [1.29, 1.82) is 0 Å². The lowest BCUT2D eigenvalue weighted by Gasteiger charge is -2.26. The van der Waals surface area contributed by atoms with Gasteiger partial charge < -0.3 is 9.30 Å². The second kappa shape index (κ2) is 6.99. The van der Waals surface area contributed by atoms with Gasteiger partial charge in [-0.1, -0.05) is 45.0 Å². The van der Waals surface area contributed by atoms with E-state index >= 15 is 0 Å². The maximum absolute atomic E-state index is 5.28. The fourth-order valence-corrected chi connectivity index (χ4v) is 5.97. The Hall–Kier alpha value is -1.48. The van der Waals surface area contributed by atoms with Gasteiger partial charge in [-0.25, -0.2) is 0 Å². The molecule has 0 aliphatic carbocycles. The molecule has 0 amide bonds.